The minimum atomic E-state index is -4.12. The molecular formula is C50H62Cl2GeN4. The van der Waals surface area contributed by atoms with Gasteiger partial charge in [-0.05, 0) is 0 Å². The fourth-order valence-corrected chi connectivity index (χ4v) is 13.0. The van der Waals surface area contributed by atoms with E-state index in [0.717, 1.165) is 17.3 Å². The number of halogens is 2. The second kappa shape index (κ2) is 17.6. The van der Waals surface area contributed by atoms with Crippen LogP contribution in [-0.4, -0.2) is 11.4 Å². The van der Waals surface area contributed by atoms with Gasteiger partial charge in [-0.3, -0.25) is 0 Å². The Hall–Kier alpha value is -3.84. The van der Waals surface area contributed by atoms with Gasteiger partial charge in [0, 0.05) is 0 Å². The van der Waals surface area contributed by atoms with Crippen molar-refractivity contribution in [2.75, 3.05) is 19.6 Å². The monoisotopic (exact) mass is 862 g/mol. The van der Waals surface area contributed by atoms with Crippen LogP contribution in [0.25, 0.3) is 0 Å². The van der Waals surface area contributed by atoms with E-state index in [4.69, 9.17) is 20.0 Å². The predicted molar refractivity (Wildman–Crippen MR) is 252 cm³/mol. The summed E-state index contributed by atoms with van der Waals surface area (Å²) in [7, 11) is 15.9. The summed E-state index contributed by atoms with van der Waals surface area (Å²) < 4.78 is 0. The molecule has 0 spiro atoms. The zero-order valence-corrected chi connectivity index (χ0v) is 39.7. The van der Waals surface area contributed by atoms with Crippen molar-refractivity contribution in [2.24, 2.45) is 0 Å². The molecule has 0 saturated heterocycles. The van der Waals surface area contributed by atoms with E-state index in [1.165, 1.54) is 50.4 Å². The number of benzene rings is 4. The fraction of sp³-hybridized carbons (Fsp3) is 0.360. The van der Waals surface area contributed by atoms with Gasteiger partial charge in [0.2, 0.25) is 0 Å². The molecule has 0 atom stereocenters. The fourth-order valence-electron chi connectivity index (χ4n) is 8.21. The summed E-state index contributed by atoms with van der Waals surface area (Å²) in [6, 6.07) is 30.7. The molecule has 0 unspecified atom stereocenters. The molecule has 2 aliphatic rings. The van der Waals surface area contributed by atoms with Crippen LogP contribution in [0.1, 0.15) is 152 Å². The third-order valence-corrected chi connectivity index (χ3v) is 16.1. The first-order valence-electron chi connectivity index (χ1n) is 20.8. The normalized spacial score (nSPS) is 15.5. The maximum absolute atomic E-state index is 7.96. The van der Waals surface area contributed by atoms with Gasteiger partial charge in [0.25, 0.3) is 0 Å². The quantitative estimate of drug-likeness (QED) is 0.132. The van der Waals surface area contributed by atoms with Gasteiger partial charge in [-0.2, -0.15) is 0 Å². The Kier molecular flexibility index (Phi) is 13.2. The third-order valence-electron chi connectivity index (χ3n) is 11.1. The molecule has 300 valence electrons. The minimum absolute atomic E-state index is 0.311. The van der Waals surface area contributed by atoms with Gasteiger partial charge in [-0.25, -0.2) is 0 Å². The summed E-state index contributed by atoms with van der Waals surface area (Å²) in [6.45, 7) is 27.3. The molecule has 4 nitrogen and oxygen atoms in total. The van der Waals surface area contributed by atoms with Crippen LogP contribution in [0.5, 0.6) is 0 Å². The van der Waals surface area contributed by atoms with E-state index in [1.54, 1.807) is 0 Å². The van der Waals surface area contributed by atoms with Crippen LogP contribution in [0.3, 0.4) is 0 Å². The van der Waals surface area contributed by atoms with Crippen molar-refractivity contribution in [1.82, 2.24) is 0 Å². The zero-order chi connectivity index (χ0) is 41.3. The molecule has 6 rings (SSSR count). The van der Waals surface area contributed by atoms with E-state index in [1.807, 2.05) is 0 Å². The average molecular weight is 863 g/mol. The predicted octanol–water partition coefficient (Wildman–Crippen LogP) is 15.4. The van der Waals surface area contributed by atoms with Crippen LogP contribution < -0.4 is 19.6 Å². The summed E-state index contributed by atoms with van der Waals surface area (Å²) >= 11 is -4.12. The van der Waals surface area contributed by atoms with Crippen LogP contribution in [-0.2, 0) is 0 Å². The van der Waals surface area contributed by atoms with Crippen molar-refractivity contribution in [3.8, 4) is 0 Å². The molecule has 0 fully saturated rings. The number of rotatable bonds is 12. The molecule has 2 heterocycles. The van der Waals surface area contributed by atoms with Gasteiger partial charge in [0.15, 0.2) is 0 Å². The topological polar surface area (TPSA) is 13.0 Å². The summed E-state index contributed by atoms with van der Waals surface area (Å²) in [5, 5.41) is 0. The molecule has 4 aromatic carbocycles. The molecule has 0 bridgehead atoms. The molecule has 0 aliphatic carbocycles. The van der Waals surface area contributed by atoms with E-state index >= 15 is 0 Å². The number of para-hydroxylation sites is 4. The van der Waals surface area contributed by atoms with Crippen molar-refractivity contribution in [1.29, 1.82) is 0 Å². The van der Waals surface area contributed by atoms with Gasteiger partial charge in [0.1, 0.15) is 0 Å². The van der Waals surface area contributed by atoms with Crippen LogP contribution >= 0.6 is 20.0 Å². The maximum atomic E-state index is 7.96. The van der Waals surface area contributed by atoms with E-state index < -0.39 is 11.4 Å². The summed E-state index contributed by atoms with van der Waals surface area (Å²) in [5.74, 6) is 3.82. The SMILES string of the molecule is CC(C)c1cccc(C(C)C)c1N1C=CN(c2c(C(C)C)cccc2C(C)C)C1=[CH][Ge]([Cl])([Cl])/[CH]=C1/N(c2ccccc2)C=CN1c1c(C(C)C)cccc1C(C)C. The molecule has 0 aromatic heterocycles. The summed E-state index contributed by atoms with van der Waals surface area (Å²) in [5.41, 5.74) is 12.5. The van der Waals surface area contributed by atoms with Crippen LogP contribution in [0, 0.1) is 0 Å². The van der Waals surface area contributed by atoms with Gasteiger partial charge >= 0.3 is 357 Å². The zero-order valence-electron chi connectivity index (χ0n) is 36.1. The van der Waals surface area contributed by atoms with E-state index in [2.05, 4.69) is 222 Å². The molecule has 7 heteroatoms. The van der Waals surface area contributed by atoms with E-state index in [9.17, 15) is 0 Å². The molecule has 0 amide bonds. The van der Waals surface area contributed by atoms with Crippen molar-refractivity contribution in [3.05, 3.63) is 165 Å². The van der Waals surface area contributed by atoms with Crippen LogP contribution in [0.15, 0.2) is 131 Å². The Labute approximate surface area is 354 Å². The molecular weight excluding hydrogens is 800 g/mol. The number of hydrogen-bond acceptors (Lipinski definition) is 4. The number of anilines is 4. The third kappa shape index (κ3) is 8.80. The standard InChI is InChI=1S/C50H62Cl2GeN4/c1-33(2)40-21-16-22-41(34(3)4)48(40)55-28-27-54(39-19-14-13-15-20-39)46(55)31-53(51,52)32-47-56(49-42(35(5)6)23-17-24-43(49)36(7)8)29-30-57(47)50-44(37(9)10)25-18-26-45(50)38(11)12/h13-38H,1-12H3/b46-31-. The first kappa shape index (κ1) is 42.8. The van der Waals surface area contributed by atoms with Crippen molar-refractivity contribution in [3.63, 3.8) is 0 Å². The van der Waals surface area contributed by atoms with Crippen molar-refractivity contribution < 1.29 is 0 Å². The summed E-state index contributed by atoms with van der Waals surface area (Å²) in [4.78, 5) is 13.8. The van der Waals surface area contributed by atoms with Gasteiger partial charge in [0.05, 0.1) is 0 Å². The molecule has 0 radical (unpaired) electrons. The number of nitrogens with zero attached hydrogens (tertiary/aromatic N) is 4. The van der Waals surface area contributed by atoms with Crippen LogP contribution in [0.4, 0.5) is 22.7 Å². The van der Waals surface area contributed by atoms with Gasteiger partial charge < -0.3 is 0 Å². The van der Waals surface area contributed by atoms with E-state index in [0.29, 0.717) is 35.5 Å². The molecule has 4 aromatic rings. The molecule has 2 aliphatic heterocycles. The Bertz CT molecular complexity index is 2020. The Morgan fingerprint density at radius 2 is 0.632 bits per heavy atom. The molecule has 0 saturated carbocycles. The molecule has 57 heavy (non-hydrogen) atoms. The Morgan fingerprint density at radius 1 is 0.368 bits per heavy atom. The van der Waals surface area contributed by atoms with Gasteiger partial charge in [-0.1, -0.05) is 0 Å². The Morgan fingerprint density at radius 3 is 0.912 bits per heavy atom. The van der Waals surface area contributed by atoms with E-state index in [-0.39, 0.29) is 0 Å². The Balaban J connectivity index is 1.63. The van der Waals surface area contributed by atoms with Crippen LogP contribution in [0.2, 0.25) is 0 Å². The summed E-state index contributed by atoms with van der Waals surface area (Å²) in [6.07, 6.45) is 8.79. The second-order valence-corrected chi connectivity index (χ2v) is 28.9. The number of hydrogen-bond donors (Lipinski definition) is 0. The van der Waals surface area contributed by atoms with Crippen molar-refractivity contribution in [2.45, 2.75) is 119 Å². The van der Waals surface area contributed by atoms with Crippen molar-refractivity contribution >= 4 is 54.2 Å². The average Bonchev–Trinajstić information content (AvgIpc) is 3.76. The second-order valence-electron chi connectivity index (χ2n) is 17.4. The molecule has 0 N–H and O–H groups in total. The van der Waals surface area contributed by atoms with Gasteiger partial charge in [-0.15, -0.1) is 0 Å². The first-order chi connectivity index (χ1) is 27.0. The first-order valence-corrected chi connectivity index (χ1v) is 28.8.